The molecule has 23 heavy (non-hydrogen) atoms. The van der Waals surface area contributed by atoms with Crippen molar-refractivity contribution in [1.82, 2.24) is 10.2 Å². The summed E-state index contributed by atoms with van der Waals surface area (Å²) in [4.78, 5) is 13.9. The SMILES string of the molecule is O=C(CSc1ccccc1)Nc1nnc(Cc2ccc(Cl)s2)o1. The van der Waals surface area contributed by atoms with Gasteiger partial charge in [-0.1, -0.05) is 34.9 Å². The van der Waals surface area contributed by atoms with Gasteiger partial charge in [-0.3, -0.25) is 10.1 Å². The molecule has 0 aliphatic heterocycles. The average Bonchev–Trinajstić information content (AvgIpc) is 3.16. The van der Waals surface area contributed by atoms with Gasteiger partial charge in [0, 0.05) is 9.77 Å². The van der Waals surface area contributed by atoms with Crippen molar-refractivity contribution in [3.8, 4) is 0 Å². The van der Waals surface area contributed by atoms with Crippen LogP contribution in [0.3, 0.4) is 0 Å². The maximum absolute atomic E-state index is 11.9. The lowest BCUT2D eigenvalue weighted by Crippen LogP contribution is -2.14. The first-order valence-corrected chi connectivity index (χ1v) is 8.91. The van der Waals surface area contributed by atoms with Crippen LogP contribution in [0.1, 0.15) is 10.8 Å². The third-order valence-electron chi connectivity index (χ3n) is 2.78. The van der Waals surface area contributed by atoms with E-state index in [1.807, 2.05) is 42.5 Å². The Labute approximate surface area is 146 Å². The van der Waals surface area contributed by atoms with Crippen molar-refractivity contribution in [3.05, 3.63) is 57.6 Å². The molecular weight excluding hydrogens is 354 g/mol. The van der Waals surface area contributed by atoms with Crippen LogP contribution in [0.2, 0.25) is 4.34 Å². The maximum atomic E-state index is 11.9. The number of benzene rings is 1. The van der Waals surface area contributed by atoms with Crippen LogP contribution in [-0.2, 0) is 11.2 Å². The van der Waals surface area contributed by atoms with Crippen LogP contribution in [0, 0.1) is 0 Å². The molecule has 0 spiro atoms. The van der Waals surface area contributed by atoms with Crippen molar-refractivity contribution in [3.63, 3.8) is 0 Å². The van der Waals surface area contributed by atoms with Gasteiger partial charge in [-0.15, -0.1) is 28.2 Å². The molecule has 1 amide bonds. The topological polar surface area (TPSA) is 68.0 Å². The zero-order chi connectivity index (χ0) is 16.1. The molecular formula is C15H12ClN3O2S2. The monoisotopic (exact) mass is 365 g/mol. The molecule has 0 saturated carbocycles. The quantitative estimate of drug-likeness (QED) is 0.666. The van der Waals surface area contributed by atoms with Crippen molar-refractivity contribution < 1.29 is 9.21 Å². The van der Waals surface area contributed by atoms with Gasteiger partial charge < -0.3 is 4.42 Å². The average molecular weight is 366 g/mol. The standard InChI is InChI=1S/C15H12ClN3O2S2/c16-12-7-6-11(23-12)8-14-18-19-15(21-14)17-13(20)9-22-10-4-2-1-3-5-10/h1-7H,8-9H2,(H,17,19,20). The number of anilines is 1. The van der Waals surface area contributed by atoms with E-state index in [9.17, 15) is 4.79 Å². The smallest absolute Gasteiger partial charge is 0.322 e. The van der Waals surface area contributed by atoms with E-state index < -0.39 is 0 Å². The summed E-state index contributed by atoms with van der Waals surface area (Å²) in [5.41, 5.74) is 0. The molecule has 0 bridgehead atoms. The fourth-order valence-electron chi connectivity index (χ4n) is 1.79. The summed E-state index contributed by atoms with van der Waals surface area (Å²) in [6.45, 7) is 0. The summed E-state index contributed by atoms with van der Waals surface area (Å²) in [6, 6.07) is 13.5. The lowest BCUT2D eigenvalue weighted by atomic mass is 10.3. The van der Waals surface area contributed by atoms with Crippen molar-refractivity contribution in [2.24, 2.45) is 0 Å². The number of aromatic nitrogens is 2. The molecule has 1 N–H and O–H groups in total. The lowest BCUT2D eigenvalue weighted by molar-refractivity contribution is -0.113. The summed E-state index contributed by atoms with van der Waals surface area (Å²) < 4.78 is 6.13. The van der Waals surface area contributed by atoms with E-state index in [-0.39, 0.29) is 17.7 Å². The molecule has 3 aromatic rings. The molecule has 0 unspecified atom stereocenters. The summed E-state index contributed by atoms with van der Waals surface area (Å²) >= 11 is 8.78. The summed E-state index contributed by atoms with van der Waals surface area (Å²) in [7, 11) is 0. The number of thiophene rings is 1. The number of hydrogen-bond donors (Lipinski definition) is 1. The summed E-state index contributed by atoms with van der Waals surface area (Å²) in [5.74, 6) is 0.533. The van der Waals surface area contributed by atoms with Gasteiger partial charge in [-0.25, -0.2) is 0 Å². The molecule has 5 nitrogen and oxygen atoms in total. The molecule has 0 fully saturated rings. The molecule has 0 saturated heterocycles. The highest BCUT2D eigenvalue weighted by Gasteiger charge is 2.11. The Bertz CT molecular complexity index is 789. The zero-order valence-corrected chi connectivity index (χ0v) is 14.2. The van der Waals surface area contributed by atoms with Gasteiger partial charge in [0.25, 0.3) is 0 Å². The first-order valence-electron chi connectivity index (χ1n) is 6.73. The van der Waals surface area contributed by atoms with Crippen LogP contribution in [0.25, 0.3) is 0 Å². The summed E-state index contributed by atoms with van der Waals surface area (Å²) in [6.07, 6.45) is 0.499. The van der Waals surface area contributed by atoms with Gasteiger partial charge in [0.05, 0.1) is 16.5 Å². The van der Waals surface area contributed by atoms with E-state index in [4.69, 9.17) is 16.0 Å². The van der Waals surface area contributed by atoms with E-state index in [2.05, 4.69) is 15.5 Å². The van der Waals surface area contributed by atoms with Crippen LogP contribution in [0.4, 0.5) is 6.01 Å². The first kappa shape index (κ1) is 16.0. The van der Waals surface area contributed by atoms with Gasteiger partial charge >= 0.3 is 6.01 Å². The molecule has 0 aliphatic carbocycles. The Morgan fingerprint density at radius 3 is 2.78 bits per heavy atom. The van der Waals surface area contributed by atoms with Gasteiger partial charge in [-0.2, -0.15) is 0 Å². The van der Waals surface area contributed by atoms with E-state index >= 15 is 0 Å². The highest BCUT2D eigenvalue weighted by Crippen LogP contribution is 2.24. The second-order valence-electron chi connectivity index (χ2n) is 4.53. The predicted molar refractivity (Wildman–Crippen MR) is 92.2 cm³/mol. The number of carbonyl (C=O) groups is 1. The van der Waals surface area contributed by atoms with Crippen LogP contribution < -0.4 is 5.32 Å². The predicted octanol–water partition coefficient (Wildman–Crippen LogP) is 4.11. The molecule has 1 aromatic carbocycles. The molecule has 8 heteroatoms. The Morgan fingerprint density at radius 2 is 2.04 bits per heavy atom. The van der Waals surface area contributed by atoms with Crippen molar-refractivity contribution in [1.29, 1.82) is 0 Å². The van der Waals surface area contributed by atoms with Crippen molar-refractivity contribution in [2.75, 3.05) is 11.1 Å². The number of hydrogen-bond acceptors (Lipinski definition) is 6. The number of nitrogens with zero attached hydrogens (tertiary/aromatic N) is 2. The normalized spacial score (nSPS) is 10.7. The minimum Gasteiger partial charge on any atom is -0.407 e. The van der Waals surface area contributed by atoms with E-state index in [1.54, 1.807) is 0 Å². The highest BCUT2D eigenvalue weighted by atomic mass is 35.5. The third kappa shape index (κ3) is 4.82. The molecule has 0 aliphatic rings. The number of halogens is 1. The van der Waals surface area contributed by atoms with E-state index in [1.165, 1.54) is 23.1 Å². The van der Waals surface area contributed by atoms with Crippen LogP contribution in [0.15, 0.2) is 51.8 Å². The molecule has 2 aromatic heterocycles. The fraction of sp³-hybridized carbons (Fsp3) is 0.133. The van der Waals surface area contributed by atoms with Crippen LogP contribution in [-0.4, -0.2) is 21.9 Å². The maximum Gasteiger partial charge on any atom is 0.322 e. The number of rotatable bonds is 6. The van der Waals surface area contributed by atoms with Crippen molar-refractivity contribution in [2.45, 2.75) is 11.3 Å². The Hall–Kier alpha value is -1.83. The summed E-state index contributed by atoms with van der Waals surface area (Å²) in [5, 5.41) is 10.3. The molecule has 118 valence electrons. The fourth-order valence-corrected chi connectivity index (χ4v) is 3.59. The minimum absolute atomic E-state index is 0.112. The van der Waals surface area contributed by atoms with Gasteiger partial charge in [0.15, 0.2) is 0 Å². The molecule has 2 heterocycles. The Morgan fingerprint density at radius 1 is 1.22 bits per heavy atom. The second-order valence-corrected chi connectivity index (χ2v) is 7.38. The van der Waals surface area contributed by atoms with Gasteiger partial charge in [0.2, 0.25) is 11.8 Å². The Kier molecular flexibility index (Phi) is 5.32. The zero-order valence-electron chi connectivity index (χ0n) is 11.9. The van der Waals surface area contributed by atoms with E-state index in [0.29, 0.717) is 16.6 Å². The third-order valence-corrected chi connectivity index (χ3v) is 5.02. The minimum atomic E-state index is -0.187. The molecule has 3 rings (SSSR count). The number of thioether (sulfide) groups is 1. The van der Waals surface area contributed by atoms with Crippen LogP contribution >= 0.6 is 34.7 Å². The Balaban J connectivity index is 1.51. The second kappa shape index (κ2) is 7.63. The van der Waals surface area contributed by atoms with E-state index in [0.717, 1.165) is 9.77 Å². The molecule has 0 atom stereocenters. The van der Waals surface area contributed by atoms with Crippen molar-refractivity contribution >= 4 is 46.6 Å². The number of amides is 1. The van der Waals surface area contributed by atoms with Crippen LogP contribution in [0.5, 0.6) is 0 Å². The van der Waals surface area contributed by atoms with Gasteiger partial charge in [-0.05, 0) is 24.3 Å². The van der Waals surface area contributed by atoms with Gasteiger partial charge in [0.1, 0.15) is 0 Å². The lowest BCUT2D eigenvalue weighted by Gasteiger charge is -2.00. The highest BCUT2D eigenvalue weighted by molar-refractivity contribution is 8.00. The number of carbonyl (C=O) groups excluding carboxylic acids is 1. The largest absolute Gasteiger partial charge is 0.407 e. The first-order chi connectivity index (χ1) is 11.2. The number of nitrogens with one attached hydrogen (secondary N) is 1. The molecule has 0 radical (unpaired) electrons.